The molecule has 2 heterocycles. The molecule has 3 rings (SSSR count). The molecule has 0 spiro atoms. The number of nitrogens with zero attached hydrogens (tertiary/aromatic N) is 2. The van der Waals surface area contributed by atoms with Crippen molar-refractivity contribution in [2.24, 2.45) is 0 Å². The number of pyridine rings is 1. The number of aromatic amines is 1. The van der Waals surface area contributed by atoms with E-state index in [4.69, 9.17) is 0 Å². The van der Waals surface area contributed by atoms with Gasteiger partial charge in [0.1, 0.15) is 0 Å². The van der Waals surface area contributed by atoms with Crippen LogP contribution in [0.25, 0.3) is 11.3 Å². The molecule has 120 valence electrons. The largest absolute Gasteiger partial charge is 0.343 e. The van der Waals surface area contributed by atoms with Crippen molar-refractivity contribution in [3.8, 4) is 11.3 Å². The van der Waals surface area contributed by atoms with Crippen LogP contribution in [0.15, 0.2) is 61.1 Å². The third kappa shape index (κ3) is 3.64. The highest BCUT2D eigenvalue weighted by Gasteiger charge is 2.15. The summed E-state index contributed by atoms with van der Waals surface area (Å²) in [5.41, 5.74) is 2.42. The number of hydrogen-bond acceptors (Lipinski definition) is 4. The van der Waals surface area contributed by atoms with Crippen LogP contribution >= 0.6 is 0 Å². The van der Waals surface area contributed by atoms with E-state index in [9.17, 15) is 9.59 Å². The summed E-state index contributed by atoms with van der Waals surface area (Å²) in [5.74, 6) is -0.704. The molecule has 1 aromatic carbocycles. The smallest absolute Gasteiger partial charge is 0.255 e. The molecule has 0 saturated heterocycles. The minimum absolute atomic E-state index is 0.146. The lowest BCUT2D eigenvalue weighted by Crippen LogP contribution is -2.32. The number of hydrogen-bond donors (Lipinski definition) is 3. The minimum atomic E-state index is -0.371. The summed E-state index contributed by atoms with van der Waals surface area (Å²) < 4.78 is 0. The van der Waals surface area contributed by atoms with E-state index in [2.05, 4.69) is 25.8 Å². The van der Waals surface area contributed by atoms with Crippen LogP contribution in [0.3, 0.4) is 0 Å². The van der Waals surface area contributed by atoms with E-state index in [1.54, 1.807) is 18.3 Å². The van der Waals surface area contributed by atoms with E-state index in [-0.39, 0.29) is 18.4 Å². The molecular formula is C17H15N5O2. The molecule has 0 radical (unpaired) electrons. The van der Waals surface area contributed by atoms with Gasteiger partial charge in [-0.3, -0.25) is 19.7 Å². The van der Waals surface area contributed by atoms with E-state index < -0.39 is 0 Å². The second-order valence-corrected chi connectivity index (χ2v) is 5.00. The summed E-state index contributed by atoms with van der Waals surface area (Å²) in [7, 11) is 0. The normalized spacial score (nSPS) is 10.2. The number of amides is 2. The molecule has 2 amide bonds. The SMILES string of the molecule is O=C(CNC(=O)c1cn[nH]c1-c1ccccc1)Nc1cccnc1. The van der Waals surface area contributed by atoms with Crippen LogP contribution in [-0.2, 0) is 4.79 Å². The highest BCUT2D eigenvalue weighted by atomic mass is 16.2. The van der Waals surface area contributed by atoms with E-state index >= 15 is 0 Å². The third-order valence-electron chi connectivity index (χ3n) is 3.30. The second-order valence-electron chi connectivity index (χ2n) is 5.00. The van der Waals surface area contributed by atoms with E-state index in [1.807, 2.05) is 30.3 Å². The topological polar surface area (TPSA) is 99.8 Å². The van der Waals surface area contributed by atoms with Crippen molar-refractivity contribution in [3.05, 3.63) is 66.6 Å². The first-order valence-electron chi connectivity index (χ1n) is 7.31. The van der Waals surface area contributed by atoms with Crippen molar-refractivity contribution >= 4 is 17.5 Å². The van der Waals surface area contributed by atoms with Gasteiger partial charge >= 0.3 is 0 Å². The lowest BCUT2D eigenvalue weighted by molar-refractivity contribution is -0.115. The fourth-order valence-electron chi connectivity index (χ4n) is 2.18. The van der Waals surface area contributed by atoms with Crippen LogP contribution in [-0.4, -0.2) is 33.5 Å². The molecular weight excluding hydrogens is 306 g/mol. The molecule has 24 heavy (non-hydrogen) atoms. The molecule has 0 aliphatic carbocycles. The van der Waals surface area contributed by atoms with Gasteiger partial charge in [-0.1, -0.05) is 30.3 Å². The Morgan fingerprint density at radius 2 is 1.88 bits per heavy atom. The molecule has 0 fully saturated rings. The fraction of sp³-hybridized carbons (Fsp3) is 0.0588. The molecule has 0 bridgehead atoms. The molecule has 7 heteroatoms. The van der Waals surface area contributed by atoms with Crippen molar-refractivity contribution in [2.45, 2.75) is 0 Å². The Kier molecular flexibility index (Phi) is 4.62. The average molecular weight is 321 g/mol. The van der Waals surface area contributed by atoms with Gasteiger partial charge in [0, 0.05) is 11.8 Å². The van der Waals surface area contributed by atoms with Crippen LogP contribution < -0.4 is 10.6 Å². The zero-order chi connectivity index (χ0) is 16.8. The number of benzene rings is 1. The molecule has 3 N–H and O–H groups in total. The Balaban J connectivity index is 1.62. The Hall–Kier alpha value is -3.48. The molecule has 0 saturated carbocycles. The van der Waals surface area contributed by atoms with Crippen molar-refractivity contribution in [1.29, 1.82) is 0 Å². The second kappa shape index (κ2) is 7.19. The van der Waals surface area contributed by atoms with Gasteiger partial charge in [0.15, 0.2) is 0 Å². The maximum absolute atomic E-state index is 12.3. The lowest BCUT2D eigenvalue weighted by atomic mass is 10.1. The average Bonchev–Trinajstić information content (AvgIpc) is 3.11. The summed E-state index contributed by atoms with van der Waals surface area (Å²) in [6.45, 7) is -0.146. The number of carbonyl (C=O) groups is 2. The molecule has 0 aliphatic rings. The maximum Gasteiger partial charge on any atom is 0.255 e. The van der Waals surface area contributed by atoms with Gasteiger partial charge in [-0.05, 0) is 12.1 Å². The van der Waals surface area contributed by atoms with Crippen LogP contribution in [0.5, 0.6) is 0 Å². The quantitative estimate of drug-likeness (QED) is 0.667. The maximum atomic E-state index is 12.3. The predicted molar refractivity (Wildman–Crippen MR) is 89.2 cm³/mol. The first-order valence-corrected chi connectivity index (χ1v) is 7.31. The van der Waals surface area contributed by atoms with Crippen LogP contribution in [0.2, 0.25) is 0 Å². The highest BCUT2D eigenvalue weighted by Crippen LogP contribution is 2.20. The van der Waals surface area contributed by atoms with Gasteiger partial charge in [-0.2, -0.15) is 5.10 Å². The third-order valence-corrected chi connectivity index (χ3v) is 3.30. The summed E-state index contributed by atoms with van der Waals surface area (Å²) in [6, 6.07) is 12.8. The molecule has 2 aromatic heterocycles. The number of aromatic nitrogens is 3. The van der Waals surface area contributed by atoms with Gasteiger partial charge in [-0.15, -0.1) is 0 Å². The Morgan fingerprint density at radius 3 is 2.62 bits per heavy atom. The van der Waals surface area contributed by atoms with Crippen LogP contribution in [0, 0.1) is 0 Å². The monoisotopic (exact) mass is 321 g/mol. The Morgan fingerprint density at radius 1 is 1.04 bits per heavy atom. The van der Waals surface area contributed by atoms with Crippen LogP contribution in [0.4, 0.5) is 5.69 Å². The summed E-state index contributed by atoms with van der Waals surface area (Å²) in [5, 5.41) is 12.0. The molecule has 0 unspecified atom stereocenters. The number of carbonyl (C=O) groups excluding carboxylic acids is 2. The van der Waals surface area contributed by atoms with Crippen molar-refractivity contribution in [1.82, 2.24) is 20.5 Å². The fourth-order valence-corrected chi connectivity index (χ4v) is 2.18. The number of anilines is 1. The van der Waals surface area contributed by atoms with E-state index in [0.29, 0.717) is 16.9 Å². The van der Waals surface area contributed by atoms with Crippen LogP contribution in [0.1, 0.15) is 10.4 Å². The molecule has 7 nitrogen and oxygen atoms in total. The van der Waals surface area contributed by atoms with Gasteiger partial charge in [0.05, 0.1) is 35.9 Å². The lowest BCUT2D eigenvalue weighted by Gasteiger charge is -2.07. The van der Waals surface area contributed by atoms with Crippen molar-refractivity contribution in [2.75, 3.05) is 11.9 Å². The molecule has 0 atom stereocenters. The van der Waals surface area contributed by atoms with E-state index in [0.717, 1.165) is 5.56 Å². The van der Waals surface area contributed by atoms with Crippen molar-refractivity contribution < 1.29 is 9.59 Å². The number of H-pyrrole nitrogens is 1. The standard InChI is InChI=1S/C17H15N5O2/c23-15(21-13-7-4-8-18-9-13)11-19-17(24)14-10-20-22-16(14)12-5-2-1-3-6-12/h1-10H,11H2,(H,19,24)(H,20,22)(H,21,23). The predicted octanol–water partition coefficient (Wildman–Crippen LogP) is 1.84. The number of rotatable bonds is 5. The van der Waals surface area contributed by atoms with Gasteiger partial charge < -0.3 is 10.6 Å². The van der Waals surface area contributed by atoms with E-state index in [1.165, 1.54) is 12.4 Å². The zero-order valence-corrected chi connectivity index (χ0v) is 12.7. The Labute approximate surface area is 138 Å². The van der Waals surface area contributed by atoms with Gasteiger partial charge in [-0.25, -0.2) is 0 Å². The van der Waals surface area contributed by atoms with Gasteiger partial charge in [0.25, 0.3) is 5.91 Å². The minimum Gasteiger partial charge on any atom is -0.343 e. The first kappa shape index (κ1) is 15.4. The zero-order valence-electron chi connectivity index (χ0n) is 12.7. The van der Waals surface area contributed by atoms with Gasteiger partial charge in [0.2, 0.25) is 5.91 Å². The van der Waals surface area contributed by atoms with Crippen molar-refractivity contribution in [3.63, 3.8) is 0 Å². The number of nitrogens with one attached hydrogen (secondary N) is 3. The molecule has 3 aromatic rings. The molecule has 0 aliphatic heterocycles. The summed E-state index contributed by atoms with van der Waals surface area (Å²) >= 11 is 0. The summed E-state index contributed by atoms with van der Waals surface area (Å²) in [4.78, 5) is 28.1. The first-order chi connectivity index (χ1) is 11.7. The Bertz CT molecular complexity index is 830. The highest BCUT2D eigenvalue weighted by molar-refractivity contribution is 6.02. The summed E-state index contributed by atoms with van der Waals surface area (Å²) in [6.07, 6.45) is 4.58.